The molecule has 0 N–H and O–H groups in total. The minimum absolute atomic E-state index is 0.321. The molecule has 0 unspecified atom stereocenters. The van der Waals surface area contributed by atoms with Crippen LogP contribution in [0.2, 0.25) is 0 Å². The highest BCUT2D eigenvalue weighted by Gasteiger charge is 2.27. The summed E-state index contributed by atoms with van der Waals surface area (Å²) in [4.78, 5) is 0. The summed E-state index contributed by atoms with van der Waals surface area (Å²) in [6, 6.07) is 0. The average Bonchev–Trinajstić information content (AvgIpc) is 2.33. The van der Waals surface area contributed by atoms with E-state index in [2.05, 4.69) is 43.6 Å². The third-order valence-electron chi connectivity index (χ3n) is 3.08. The summed E-state index contributed by atoms with van der Waals surface area (Å²) in [5.41, 5.74) is 0.321. The van der Waals surface area contributed by atoms with Gasteiger partial charge in [0.2, 0.25) is 0 Å². The molecule has 0 heterocycles. The van der Waals surface area contributed by atoms with Crippen LogP contribution >= 0.6 is 15.9 Å². The van der Waals surface area contributed by atoms with Crippen molar-refractivity contribution in [1.29, 1.82) is 0 Å². The molecule has 0 aliphatic heterocycles. The molecule has 0 aromatic carbocycles. The van der Waals surface area contributed by atoms with E-state index in [1.165, 1.54) is 25.7 Å². The normalized spacial score (nSPS) is 12.3. The summed E-state index contributed by atoms with van der Waals surface area (Å²) in [6.07, 6.45) is 4.91. The van der Waals surface area contributed by atoms with Crippen molar-refractivity contribution < 1.29 is 9.47 Å². The highest BCUT2D eigenvalue weighted by molar-refractivity contribution is 9.09. The lowest BCUT2D eigenvalue weighted by molar-refractivity contribution is 0.000928. The van der Waals surface area contributed by atoms with E-state index in [-0.39, 0.29) is 0 Å². The molecule has 0 aliphatic rings. The molecule has 0 spiro atoms. The number of halogens is 1. The molecule has 0 fully saturated rings. The Morgan fingerprint density at radius 2 is 1.56 bits per heavy atom. The van der Waals surface area contributed by atoms with E-state index in [0.717, 1.165) is 31.8 Å². The number of alkyl halides is 1. The molecule has 0 rings (SSSR count). The van der Waals surface area contributed by atoms with E-state index in [0.29, 0.717) is 11.3 Å². The van der Waals surface area contributed by atoms with Crippen LogP contribution in [0, 0.1) is 11.3 Å². The second-order valence-corrected chi connectivity index (χ2v) is 6.22. The van der Waals surface area contributed by atoms with Gasteiger partial charge in [-0.2, -0.15) is 0 Å². The molecule has 0 radical (unpaired) electrons. The minimum atomic E-state index is 0.321. The molecular weight excluding hydrogens is 292 g/mol. The van der Waals surface area contributed by atoms with Gasteiger partial charge in [-0.3, -0.25) is 0 Å². The average molecular weight is 323 g/mol. The molecule has 0 saturated carbocycles. The third-order valence-corrected chi connectivity index (χ3v) is 4.27. The Morgan fingerprint density at radius 1 is 1.00 bits per heavy atom. The zero-order chi connectivity index (χ0) is 13.9. The highest BCUT2D eigenvalue weighted by atomic mass is 79.9. The summed E-state index contributed by atoms with van der Waals surface area (Å²) in [5.74, 6) is 0.604. The number of ether oxygens (including phenoxy) is 2. The summed E-state index contributed by atoms with van der Waals surface area (Å²) in [5, 5.41) is 1.04. The Labute approximate surface area is 122 Å². The lowest BCUT2D eigenvalue weighted by atomic mass is 9.82. The summed E-state index contributed by atoms with van der Waals surface area (Å²) in [6.45, 7) is 11.9. The fourth-order valence-electron chi connectivity index (χ4n) is 2.23. The smallest absolute Gasteiger partial charge is 0.0700 e. The van der Waals surface area contributed by atoms with E-state index in [1.54, 1.807) is 0 Å². The van der Waals surface area contributed by atoms with Crippen molar-refractivity contribution in [2.24, 2.45) is 11.3 Å². The molecule has 18 heavy (non-hydrogen) atoms. The zero-order valence-corrected chi connectivity index (χ0v) is 14.2. The second kappa shape index (κ2) is 11.2. The lowest BCUT2D eigenvalue weighted by Crippen LogP contribution is -2.29. The van der Waals surface area contributed by atoms with E-state index in [4.69, 9.17) is 9.47 Å². The number of rotatable bonds is 12. The van der Waals surface area contributed by atoms with Crippen LogP contribution in [0.25, 0.3) is 0 Å². The Kier molecular flexibility index (Phi) is 11.5. The maximum Gasteiger partial charge on any atom is 0.0700 e. The van der Waals surface area contributed by atoms with Crippen molar-refractivity contribution in [1.82, 2.24) is 0 Å². The topological polar surface area (TPSA) is 18.5 Å². The molecule has 0 bridgehead atoms. The van der Waals surface area contributed by atoms with Crippen LogP contribution in [0.5, 0.6) is 0 Å². The van der Waals surface area contributed by atoms with E-state index in [1.807, 2.05) is 0 Å². The van der Waals surface area contributed by atoms with Crippen LogP contribution < -0.4 is 0 Å². The Bertz CT molecular complexity index is 177. The van der Waals surface area contributed by atoms with E-state index >= 15 is 0 Å². The maximum atomic E-state index is 5.82. The highest BCUT2D eigenvalue weighted by Crippen LogP contribution is 2.32. The van der Waals surface area contributed by atoms with Crippen molar-refractivity contribution in [3.05, 3.63) is 0 Å². The first-order valence-electron chi connectivity index (χ1n) is 7.31. The number of hydrogen-bond donors (Lipinski definition) is 0. The fraction of sp³-hybridized carbons (Fsp3) is 1.00. The van der Waals surface area contributed by atoms with Gasteiger partial charge in [0.1, 0.15) is 0 Å². The molecule has 2 nitrogen and oxygen atoms in total. The van der Waals surface area contributed by atoms with Crippen molar-refractivity contribution in [3.8, 4) is 0 Å². The molecule has 0 aliphatic carbocycles. The number of hydrogen-bond acceptors (Lipinski definition) is 2. The van der Waals surface area contributed by atoms with Crippen molar-refractivity contribution >= 4 is 15.9 Å². The van der Waals surface area contributed by atoms with Crippen LogP contribution in [-0.2, 0) is 9.47 Å². The zero-order valence-electron chi connectivity index (χ0n) is 12.6. The Hall–Kier alpha value is 0.400. The third kappa shape index (κ3) is 8.49. The van der Waals surface area contributed by atoms with E-state index in [9.17, 15) is 0 Å². The standard InChI is InChI=1S/C15H31BrO2/c1-5-7-15(12-16,8-6-2)13-18-10-9-17-11-14(3)4/h14H,5-13H2,1-4H3. The second-order valence-electron chi connectivity index (χ2n) is 5.65. The van der Waals surface area contributed by atoms with Crippen LogP contribution in [0.1, 0.15) is 53.4 Å². The van der Waals surface area contributed by atoms with Gasteiger partial charge >= 0.3 is 0 Å². The van der Waals surface area contributed by atoms with Gasteiger partial charge < -0.3 is 9.47 Å². The molecule has 0 aromatic heterocycles. The van der Waals surface area contributed by atoms with Gasteiger partial charge in [0.15, 0.2) is 0 Å². The predicted octanol–water partition coefficient (Wildman–Crippen LogP) is 4.66. The van der Waals surface area contributed by atoms with Crippen LogP contribution in [0.4, 0.5) is 0 Å². The maximum absolute atomic E-state index is 5.82. The summed E-state index contributed by atoms with van der Waals surface area (Å²) < 4.78 is 11.3. The molecule has 0 aromatic rings. The SMILES string of the molecule is CCCC(CBr)(CCC)COCCOCC(C)C. The largest absolute Gasteiger partial charge is 0.379 e. The Morgan fingerprint density at radius 3 is 2.00 bits per heavy atom. The molecule has 110 valence electrons. The molecular formula is C15H31BrO2. The molecule has 0 saturated heterocycles. The van der Waals surface area contributed by atoms with Gasteiger partial charge in [0.05, 0.1) is 19.8 Å². The monoisotopic (exact) mass is 322 g/mol. The first-order valence-corrected chi connectivity index (χ1v) is 8.43. The van der Waals surface area contributed by atoms with Crippen molar-refractivity contribution in [2.75, 3.05) is 31.8 Å². The summed E-state index contributed by atoms with van der Waals surface area (Å²) >= 11 is 3.67. The van der Waals surface area contributed by atoms with Gasteiger partial charge in [0.25, 0.3) is 0 Å². The Balaban J connectivity index is 3.81. The lowest BCUT2D eigenvalue weighted by Gasteiger charge is -2.31. The van der Waals surface area contributed by atoms with Gasteiger partial charge in [-0.15, -0.1) is 0 Å². The van der Waals surface area contributed by atoms with Crippen molar-refractivity contribution in [3.63, 3.8) is 0 Å². The van der Waals surface area contributed by atoms with Crippen LogP contribution in [0.3, 0.4) is 0 Å². The quantitative estimate of drug-likeness (QED) is 0.384. The van der Waals surface area contributed by atoms with Gasteiger partial charge in [-0.05, 0) is 18.8 Å². The van der Waals surface area contributed by atoms with Gasteiger partial charge in [0, 0.05) is 17.4 Å². The summed E-state index contributed by atoms with van der Waals surface area (Å²) in [7, 11) is 0. The predicted molar refractivity (Wildman–Crippen MR) is 82.5 cm³/mol. The molecule has 0 atom stereocenters. The van der Waals surface area contributed by atoms with E-state index < -0.39 is 0 Å². The van der Waals surface area contributed by atoms with Gasteiger partial charge in [-0.25, -0.2) is 0 Å². The van der Waals surface area contributed by atoms with Crippen molar-refractivity contribution in [2.45, 2.75) is 53.4 Å². The minimum Gasteiger partial charge on any atom is -0.379 e. The van der Waals surface area contributed by atoms with Crippen LogP contribution in [0.15, 0.2) is 0 Å². The van der Waals surface area contributed by atoms with Gasteiger partial charge in [-0.1, -0.05) is 56.5 Å². The van der Waals surface area contributed by atoms with Crippen LogP contribution in [-0.4, -0.2) is 31.8 Å². The first kappa shape index (κ1) is 18.4. The fourth-order valence-corrected chi connectivity index (χ4v) is 2.95. The molecule has 3 heteroatoms. The molecule has 0 amide bonds. The first-order chi connectivity index (χ1) is 8.60.